The Morgan fingerprint density at radius 1 is 1.32 bits per heavy atom. The molecule has 100 valence electrons. The third-order valence-corrected chi connectivity index (χ3v) is 3.86. The molecule has 19 heavy (non-hydrogen) atoms. The van der Waals surface area contributed by atoms with Crippen molar-refractivity contribution >= 4 is 0 Å². The maximum absolute atomic E-state index is 5.78. The van der Waals surface area contributed by atoms with Gasteiger partial charge in [-0.1, -0.05) is 36.9 Å². The van der Waals surface area contributed by atoms with Crippen LogP contribution in [0.2, 0.25) is 0 Å². The van der Waals surface area contributed by atoms with Crippen LogP contribution < -0.4 is 0 Å². The monoisotopic (exact) mass is 256 g/mol. The molecule has 0 saturated carbocycles. The maximum atomic E-state index is 5.78. The SMILES string of the molecule is CCc1ccc(CC2(C)C=C=C2OCC2CO2)cc1. The smallest absolute Gasteiger partial charge is 0.149 e. The summed E-state index contributed by atoms with van der Waals surface area (Å²) in [5, 5.41) is 0. The molecule has 2 atom stereocenters. The molecule has 1 saturated heterocycles. The number of ether oxygens (including phenoxy) is 2. The lowest BCUT2D eigenvalue weighted by Crippen LogP contribution is -2.26. The standard InChI is InChI=1S/C17H20O2/c1-3-13-4-6-14(7-5-13)10-17(2)9-8-16(17)19-12-15-11-18-15/h4-7,9,15H,3,10-12H2,1-2H3. The van der Waals surface area contributed by atoms with Crippen LogP contribution in [0.25, 0.3) is 0 Å². The first-order chi connectivity index (χ1) is 9.19. The van der Waals surface area contributed by atoms with Crippen LogP contribution in [-0.4, -0.2) is 19.3 Å². The molecule has 0 aromatic heterocycles. The number of hydrogen-bond acceptors (Lipinski definition) is 2. The summed E-state index contributed by atoms with van der Waals surface area (Å²) in [6, 6.07) is 8.86. The van der Waals surface area contributed by atoms with E-state index >= 15 is 0 Å². The third kappa shape index (κ3) is 2.75. The molecule has 0 spiro atoms. The molecule has 1 fully saturated rings. The summed E-state index contributed by atoms with van der Waals surface area (Å²) in [5.41, 5.74) is 5.91. The minimum Gasteiger partial charge on any atom is -0.486 e. The lowest BCUT2D eigenvalue weighted by molar-refractivity contribution is 0.130. The molecule has 3 rings (SSSR count). The predicted molar refractivity (Wildman–Crippen MR) is 74.9 cm³/mol. The van der Waals surface area contributed by atoms with Gasteiger partial charge in [0.2, 0.25) is 0 Å². The van der Waals surface area contributed by atoms with Gasteiger partial charge in [0.05, 0.1) is 12.0 Å². The zero-order valence-electron chi connectivity index (χ0n) is 11.6. The first-order valence-corrected chi connectivity index (χ1v) is 7.00. The van der Waals surface area contributed by atoms with Crippen molar-refractivity contribution in [2.45, 2.75) is 32.8 Å². The van der Waals surface area contributed by atoms with Gasteiger partial charge in [0.1, 0.15) is 18.5 Å². The molecule has 2 nitrogen and oxygen atoms in total. The van der Waals surface area contributed by atoms with Crippen LogP contribution in [0.4, 0.5) is 0 Å². The summed E-state index contributed by atoms with van der Waals surface area (Å²) in [6.07, 6.45) is 4.49. The summed E-state index contributed by atoms with van der Waals surface area (Å²) in [4.78, 5) is 0. The average Bonchev–Trinajstić information content (AvgIpc) is 3.23. The van der Waals surface area contributed by atoms with Crippen molar-refractivity contribution in [3.8, 4) is 0 Å². The van der Waals surface area contributed by atoms with E-state index in [1.54, 1.807) is 0 Å². The first-order valence-electron chi connectivity index (χ1n) is 7.00. The Balaban J connectivity index is 1.60. The summed E-state index contributed by atoms with van der Waals surface area (Å²) in [5.74, 6) is 0.975. The van der Waals surface area contributed by atoms with Crippen molar-refractivity contribution in [2.75, 3.05) is 13.2 Å². The lowest BCUT2D eigenvalue weighted by Gasteiger charge is -2.31. The Morgan fingerprint density at radius 2 is 2.00 bits per heavy atom. The molecule has 1 aromatic rings. The maximum Gasteiger partial charge on any atom is 0.149 e. The van der Waals surface area contributed by atoms with Crippen LogP contribution >= 0.6 is 0 Å². The molecule has 0 radical (unpaired) electrons. The first kappa shape index (κ1) is 12.5. The van der Waals surface area contributed by atoms with Crippen LogP contribution in [0.5, 0.6) is 0 Å². The van der Waals surface area contributed by atoms with Gasteiger partial charge in [-0.3, -0.25) is 0 Å². The van der Waals surface area contributed by atoms with Crippen molar-refractivity contribution in [2.24, 2.45) is 5.41 Å². The fourth-order valence-corrected chi connectivity index (χ4v) is 2.37. The summed E-state index contributed by atoms with van der Waals surface area (Å²) in [6.45, 7) is 5.90. The van der Waals surface area contributed by atoms with Gasteiger partial charge < -0.3 is 9.47 Å². The highest BCUT2D eigenvalue weighted by atomic mass is 16.6. The molecule has 1 aliphatic heterocycles. The predicted octanol–water partition coefficient (Wildman–Crippen LogP) is 3.27. The number of epoxide rings is 1. The van der Waals surface area contributed by atoms with E-state index in [2.05, 4.69) is 49.9 Å². The van der Waals surface area contributed by atoms with E-state index in [1.807, 2.05) is 0 Å². The van der Waals surface area contributed by atoms with Crippen LogP contribution in [0.3, 0.4) is 0 Å². The van der Waals surface area contributed by atoms with Gasteiger partial charge in [-0.25, -0.2) is 0 Å². The molecule has 0 N–H and O–H groups in total. The fourth-order valence-electron chi connectivity index (χ4n) is 2.37. The molecule has 1 heterocycles. The van der Waals surface area contributed by atoms with E-state index in [4.69, 9.17) is 9.47 Å². The highest BCUT2D eigenvalue weighted by Crippen LogP contribution is 2.39. The van der Waals surface area contributed by atoms with Crippen molar-refractivity contribution in [1.29, 1.82) is 0 Å². The van der Waals surface area contributed by atoms with Crippen LogP contribution in [0.1, 0.15) is 25.0 Å². The van der Waals surface area contributed by atoms with Gasteiger partial charge in [0, 0.05) is 0 Å². The second-order valence-corrected chi connectivity index (χ2v) is 5.65. The molecular formula is C17H20O2. The van der Waals surface area contributed by atoms with Crippen LogP contribution in [-0.2, 0) is 22.3 Å². The largest absolute Gasteiger partial charge is 0.486 e. The van der Waals surface area contributed by atoms with Gasteiger partial charge in [-0.05, 0) is 37.0 Å². The minimum atomic E-state index is 0.00260. The molecule has 2 unspecified atom stereocenters. The normalized spacial score (nSPS) is 27.7. The zero-order valence-corrected chi connectivity index (χ0v) is 11.6. The van der Waals surface area contributed by atoms with Crippen LogP contribution in [0, 0.1) is 5.41 Å². The Labute approximate surface area is 114 Å². The van der Waals surface area contributed by atoms with E-state index in [9.17, 15) is 0 Å². The van der Waals surface area contributed by atoms with Gasteiger partial charge >= 0.3 is 0 Å². The number of hydrogen-bond donors (Lipinski definition) is 0. The van der Waals surface area contributed by atoms with Crippen molar-refractivity contribution in [3.63, 3.8) is 0 Å². The highest BCUT2D eigenvalue weighted by Gasteiger charge is 2.35. The fraction of sp³-hybridized carbons (Fsp3) is 0.471. The topological polar surface area (TPSA) is 21.8 Å². The second-order valence-electron chi connectivity index (χ2n) is 5.65. The van der Waals surface area contributed by atoms with Gasteiger partial charge in [-0.15, -0.1) is 0 Å². The number of rotatable bonds is 6. The second kappa shape index (κ2) is 4.88. The van der Waals surface area contributed by atoms with Crippen molar-refractivity contribution < 1.29 is 9.47 Å². The van der Waals surface area contributed by atoms with Gasteiger partial charge in [-0.2, -0.15) is 0 Å². The van der Waals surface area contributed by atoms with Crippen molar-refractivity contribution in [1.82, 2.24) is 0 Å². The number of aryl methyl sites for hydroxylation is 1. The van der Waals surface area contributed by atoms with Gasteiger partial charge in [0.25, 0.3) is 0 Å². The zero-order chi connectivity index (χ0) is 13.3. The van der Waals surface area contributed by atoms with Crippen molar-refractivity contribution in [3.05, 3.63) is 53.0 Å². The quantitative estimate of drug-likeness (QED) is 0.575. The molecular weight excluding hydrogens is 236 g/mol. The Hall–Kier alpha value is -1.50. The Kier molecular flexibility index (Phi) is 3.22. The third-order valence-electron chi connectivity index (χ3n) is 3.86. The minimum absolute atomic E-state index is 0.00260. The van der Waals surface area contributed by atoms with E-state index in [1.165, 1.54) is 11.1 Å². The molecule has 1 aromatic carbocycles. The molecule has 2 aliphatic rings. The molecule has 1 aliphatic carbocycles. The molecule has 0 amide bonds. The lowest BCUT2D eigenvalue weighted by atomic mass is 9.77. The van der Waals surface area contributed by atoms with E-state index in [-0.39, 0.29) is 5.41 Å². The summed E-state index contributed by atoms with van der Waals surface area (Å²) >= 11 is 0. The average molecular weight is 256 g/mol. The van der Waals surface area contributed by atoms with E-state index in [0.29, 0.717) is 12.7 Å². The van der Waals surface area contributed by atoms with E-state index < -0.39 is 0 Å². The van der Waals surface area contributed by atoms with Crippen LogP contribution in [0.15, 0.2) is 41.8 Å². The van der Waals surface area contributed by atoms with Gasteiger partial charge in [0.15, 0.2) is 0 Å². The number of benzene rings is 1. The highest BCUT2D eigenvalue weighted by molar-refractivity contribution is 5.31. The summed E-state index contributed by atoms with van der Waals surface area (Å²) < 4.78 is 10.9. The Bertz CT molecular complexity index is 519. The molecule has 2 heteroatoms. The molecule has 0 bridgehead atoms. The van der Waals surface area contributed by atoms with E-state index in [0.717, 1.165) is 25.2 Å². The Morgan fingerprint density at radius 3 is 2.53 bits per heavy atom. The summed E-state index contributed by atoms with van der Waals surface area (Å²) in [7, 11) is 0.